The maximum atomic E-state index is 12.1. The first kappa shape index (κ1) is 20.5. The first-order chi connectivity index (χ1) is 13.2. The Morgan fingerprint density at radius 2 is 1.68 bits per heavy atom. The number of anilines is 1. The van der Waals surface area contributed by atoms with E-state index in [-0.39, 0.29) is 10.8 Å². The van der Waals surface area contributed by atoms with Gasteiger partial charge in [0.05, 0.1) is 15.5 Å². The van der Waals surface area contributed by atoms with Crippen molar-refractivity contribution in [3.05, 3.63) is 53.6 Å². The summed E-state index contributed by atoms with van der Waals surface area (Å²) >= 11 is 7.35. The molecular weight excluding hydrogens is 418 g/mol. The molecule has 0 saturated heterocycles. The number of hydrogen-bond donors (Lipinski definition) is 1. The number of carbonyl (C=O) groups is 1. The van der Waals surface area contributed by atoms with Crippen molar-refractivity contribution >= 4 is 44.0 Å². The lowest BCUT2D eigenvalue weighted by Crippen LogP contribution is -2.24. The third-order valence-corrected chi connectivity index (χ3v) is 6.50. The minimum Gasteiger partial charge on any atom is -0.291 e. The van der Waals surface area contributed by atoms with E-state index >= 15 is 0 Å². The minimum atomic E-state index is -3.77. The molecule has 1 amide bonds. The Hall–Kier alpha value is -2.26. The molecule has 9 heteroatoms. The number of halogens is 1. The van der Waals surface area contributed by atoms with Crippen LogP contribution in [0.15, 0.2) is 53.4 Å². The standard InChI is InChI=1S/C19H18ClN3O3S2/c1-3-16(24)23(2)19-22-17(12-4-8-14(20)9-5-12)18(27-19)13-6-10-15(11-7-13)28(21,25)26/h4-11H,3H2,1-2H3,(H2,21,25,26). The van der Waals surface area contributed by atoms with Crippen LogP contribution in [0, 0.1) is 0 Å². The fourth-order valence-electron chi connectivity index (χ4n) is 2.59. The summed E-state index contributed by atoms with van der Waals surface area (Å²) in [6.07, 6.45) is 0.366. The maximum absolute atomic E-state index is 12.1. The number of aromatic nitrogens is 1. The number of sulfonamides is 1. The van der Waals surface area contributed by atoms with Gasteiger partial charge in [0.2, 0.25) is 15.9 Å². The fraction of sp³-hybridized carbons (Fsp3) is 0.158. The smallest absolute Gasteiger partial charge is 0.238 e. The maximum Gasteiger partial charge on any atom is 0.238 e. The van der Waals surface area contributed by atoms with Crippen molar-refractivity contribution in [1.82, 2.24) is 4.98 Å². The number of amides is 1. The summed E-state index contributed by atoms with van der Waals surface area (Å²) in [6, 6.07) is 13.5. The molecule has 0 atom stereocenters. The number of thiazole rings is 1. The fourth-order valence-corrected chi connectivity index (χ4v) is 4.30. The van der Waals surface area contributed by atoms with Crippen LogP contribution in [0.1, 0.15) is 13.3 Å². The van der Waals surface area contributed by atoms with Crippen LogP contribution in [0.3, 0.4) is 0 Å². The topological polar surface area (TPSA) is 93.4 Å². The average Bonchev–Trinajstić information content (AvgIpc) is 3.12. The van der Waals surface area contributed by atoms with Gasteiger partial charge in [-0.2, -0.15) is 0 Å². The molecule has 0 aliphatic carbocycles. The number of rotatable bonds is 5. The molecule has 0 aliphatic heterocycles. The molecule has 28 heavy (non-hydrogen) atoms. The van der Waals surface area contributed by atoms with Crippen LogP contribution in [0.5, 0.6) is 0 Å². The van der Waals surface area contributed by atoms with Gasteiger partial charge in [0.15, 0.2) is 5.13 Å². The molecule has 1 heterocycles. The highest BCUT2D eigenvalue weighted by molar-refractivity contribution is 7.89. The lowest BCUT2D eigenvalue weighted by molar-refractivity contribution is -0.118. The van der Waals surface area contributed by atoms with Crippen molar-refractivity contribution in [3.8, 4) is 21.7 Å². The van der Waals surface area contributed by atoms with Crippen LogP contribution in [0.2, 0.25) is 5.02 Å². The largest absolute Gasteiger partial charge is 0.291 e. The molecule has 3 aromatic rings. The molecule has 0 radical (unpaired) electrons. The Balaban J connectivity index is 2.14. The molecule has 0 aliphatic rings. The number of hydrogen-bond acceptors (Lipinski definition) is 5. The van der Waals surface area contributed by atoms with Gasteiger partial charge in [-0.25, -0.2) is 18.5 Å². The van der Waals surface area contributed by atoms with E-state index in [4.69, 9.17) is 16.7 Å². The molecule has 0 saturated carbocycles. The van der Waals surface area contributed by atoms with Crippen LogP contribution in [0.25, 0.3) is 21.7 Å². The third-order valence-electron chi connectivity index (χ3n) is 4.14. The van der Waals surface area contributed by atoms with E-state index in [0.29, 0.717) is 22.3 Å². The van der Waals surface area contributed by atoms with Gasteiger partial charge in [-0.15, -0.1) is 0 Å². The van der Waals surface area contributed by atoms with Crippen molar-refractivity contribution in [1.29, 1.82) is 0 Å². The van der Waals surface area contributed by atoms with E-state index in [2.05, 4.69) is 4.98 Å². The second-order valence-corrected chi connectivity index (χ2v) is 9.03. The molecule has 3 rings (SSSR count). The zero-order chi connectivity index (χ0) is 20.5. The summed E-state index contributed by atoms with van der Waals surface area (Å²) < 4.78 is 23.0. The average molecular weight is 436 g/mol. The van der Waals surface area contributed by atoms with Crippen molar-refractivity contribution in [2.75, 3.05) is 11.9 Å². The minimum absolute atomic E-state index is 0.0345. The zero-order valence-corrected chi connectivity index (χ0v) is 17.6. The summed E-state index contributed by atoms with van der Waals surface area (Å²) in [5, 5.41) is 6.34. The monoisotopic (exact) mass is 435 g/mol. The first-order valence-corrected chi connectivity index (χ1v) is 11.1. The second-order valence-electron chi connectivity index (χ2n) is 6.06. The Kier molecular flexibility index (Phi) is 5.85. The van der Waals surface area contributed by atoms with Crippen molar-refractivity contribution in [2.45, 2.75) is 18.2 Å². The van der Waals surface area contributed by atoms with Gasteiger partial charge in [-0.1, -0.05) is 54.1 Å². The van der Waals surface area contributed by atoms with E-state index in [1.807, 2.05) is 12.1 Å². The van der Waals surface area contributed by atoms with Gasteiger partial charge in [-0.3, -0.25) is 9.69 Å². The Labute approximate surface area is 172 Å². The van der Waals surface area contributed by atoms with Gasteiger partial charge in [0, 0.05) is 24.1 Å². The SMILES string of the molecule is CCC(=O)N(C)c1nc(-c2ccc(Cl)cc2)c(-c2ccc(S(N)(=O)=O)cc2)s1. The quantitative estimate of drug-likeness (QED) is 0.651. The number of nitrogens with two attached hydrogens (primary N) is 1. The lowest BCUT2D eigenvalue weighted by Gasteiger charge is -2.11. The molecule has 2 N–H and O–H groups in total. The highest BCUT2D eigenvalue weighted by Crippen LogP contribution is 2.40. The van der Waals surface area contributed by atoms with Crippen molar-refractivity contribution < 1.29 is 13.2 Å². The number of carbonyl (C=O) groups excluding carboxylic acids is 1. The van der Waals surface area contributed by atoms with Crippen LogP contribution >= 0.6 is 22.9 Å². The van der Waals surface area contributed by atoms with E-state index in [9.17, 15) is 13.2 Å². The summed E-state index contributed by atoms with van der Waals surface area (Å²) in [6.45, 7) is 1.79. The van der Waals surface area contributed by atoms with E-state index in [1.165, 1.54) is 28.4 Å². The normalized spacial score (nSPS) is 11.4. The van der Waals surface area contributed by atoms with Gasteiger partial charge in [-0.05, 0) is 29.8 Å². The van der Waals surface area contributed by atoms with Gasteiger partial charge in [0.25, 0.3) is 0 Å². The third kappa shape index (κ3) is 4.25. The molecule has 1 aromatic heterocycles. The molecule has 0 spiro atoms. The summed E-state index contributed by atoms with van der Waals surface area (Å²) in [7, 11) is -2.09. The molecule has 0 bridgehead atoms. The van der Waals surface area contributed by atoms with Crippen LogP contribution < -0.4 is 10.0 Å². The Bertz CT molecular complexity index is 1110. The molecule has 0 fully saturated rings. The van der Waals surface area contributed by atoms with Gasteiger partial charge >= 0.3 is 0 Å². The van der Waals surface area contributed by atoms with E-state index in [0.717, 1.165) is 16.0 Å². The first-order valence-electron chi connectivity index (χ1n) is 8.37. The lowest BCUT2D eigenvalue weighted by atomic mass is 10.1. The summed E-state index contributed by atoms with van der Waals surface area (Å²) in [4.78, 5) is 19.1. The Morgan fingerprint density at radius 3 is 2.21 bits per heavy atom. The van der Waals surface area contributed by atoms with E-state index < -0.39 is 10.0 Å². The molecule has 0 unspecified atom stereocenters. The van der Waals surface area contributed by atoms with Crippen molar-refractivity contribution in [2.24, 2.45) is 5.14 Å². The highest BCUT2D eigenvalue weighted by Gasteiger charge is 2.20. The second kappa shape index (κ2) is 8.00. The van der Waals surface area contributed by atoms with Gasteiger partial charge in [0.1, 0.15) is 0 Å². The van der Waals surface area contributed by atoms with Crippen LogP contribution in [-0.4, -0.2) is 26.4 Å². The predicted molar refractivity (Wildman–Crippen MR) is 113 cm³/mol. The number of benzene rings is 2. The predicted octanol–water partition coefficient (Wildman–Crippen LogP) is 4.15. The van der Waals surface area contributed by atoms with Crippen LogP contribution in [-0.2, 0) is 14.8 Å². The summed E-state index contributed by atoms with van der Waals surface area (Å²) in [5.41, 5.74) is 2.31. The molecule has 6 nitrogen and oxygen atoms in total. The van der Waals surface area contributed by atoms with Crippen molar-refractivity contribution in [3.63, 3.8) is 0 Å². The molecular formula is C19H18ClN3O3S2. The summed E-state index contributed by atoms with van der Waals surface area (Å²) in [5.74, 6) is -0.0486. The molecule has 146 valence electrons. The van der Waals surface area contributed by atoms with Gasteiger partial charge < -0.3 is 0 Å². The zero-order valence-electron chi connectivity index (χ0n) is 15.2. The number of primary sulfonamides is 1. The Morgan fingerprint density at radius 1 is 1.11 bits per heavy atom. The van der Waals surface area contributed by atoms with E-state index in [1.54, 1.807) is 38.2 Å². The molecule has 2 aromatic carbocycles. The number of nitrogens with zero attached hydrogens (tertiary/aromatic N) is 2. The van der Waals surface area contributed by atoms with Crippen LogP contribution in [0.4, 0.5) is 5.13 Å². The highest BCUT2D eigenvalue weighted by atomic mass is 35.5.